The predicted molar refractivity (Wildman–Crippen MR) is 84.0 cm³/mol. The minimum Gasteiger partial charge on any atom is -0.497 e. The molecule has 0 spiro atoms. The molecule has 1 aliphatic carbocycles. The summed E-state index contributed by atoms with van der Waals surface area (Å²) in [5.74, 6) is 0.886. The van der Waals surface area contributed by atoms with E-state index in [9.17, 15) is 0 Å². The molecule has 112 valence electrons. The molecule has 2 atom stereocenters. The van der Waals surface area contributed by atoms with Gasteiger partial charge in [-0.15, -0.1) is 0 Å². The van der Waals surface area contributed by atoms with Crippen LogP contribution in [0.25, 0.3) is 0 Å². The number of ether oxygens (including phenoxy) is 1. The van der Waals surface area contributed by atoms with Gasteiger partial charge in [-0.3, -0.25) is 4.90 Å². The Labute approximate surface area is 123 Å². The minimum absolute atomic E-state index is 0.0569. The van der Waals surface area contributed by atoms with Crippen molar-refractivity contribution in [1.82, 2.24) is 4.90 Å². The molecule has 0 aliphatic heterocycles. The van der Waals surface area contributed by atoms with Crippen LogP contribution in [0, 0.1) is 0 Å². The van der Waals surface area contributed by atoms with Gasteiger partial charge in [0.1, 0.15) is 5.75 Å². The van der Waals surface area contributed by atoms with Gasteiger partial charge in [0.2, 0.25) is 0 Å². The summed E-state index contributed by atoms with van der Waals surface area (Å²) in [4.78, 5) is 2.59. The molecule has 2 N–H and O–H groups in total. The molecular weight excluding hydrogens is 248 g/mol. The van der Waals surface area contributed by atoms with E-state index in [1.807, 2.05) is 12.1 Å². The van der Waals surface area contributed by atoms with Crippen molar-refractivity contribution in [2.45, 2.75) is 57.7 Å². The molecule has 1 fully saturated rings. The summed E-state index contributed by atoms with van der Waals surface area (Å²) < 4.78 is 5.21. The standard InChI is InChI=1S/C17H28N2O/c1-4-19(15-7-5-6-8-15)13(2)17(18)14-9-11-16(20-3)12-10-14/h9-13,15,17H,4-8,18H2,1-3H3. The van der Waals surface area contributed by atoms with Crippen molar-refractivity contribution < 1.29 is 4.74 Å². The van der Waals surface area contributed by atoms with Crippen LogP contribution in [-0.2, 0) is 0 Å². The maximum atomic E-state index is 6.49. The van der Waals surface area contributed by atoms with E-state index in [0.29, 0.717) is 6.04 Å². The van der Waals surface area contributed by atoms with E-state index in [4.69, 9.17) is 10.5 Å². The van der Waals surface area contributed by atoms with Crippen molar-refractivity contribution in [2.24, 2.45) is 5.73 Å². The Hall–Kier alpha value is -1.06. The molecule has 0 radical (unpaired) electrons. The van der Waals surface area contributed by atoms with Crippen LogP contribution >= 0.6 is 0 Å². The van der Waals surface area contributed by atoms with Gasteiger partial charge in [0.15, 0.2) is 0 Å². The van der Waals surface area contributed by atoms with Gasteiger partial charge in [0.05, 0.1) is 7.11 Å². The van der Waals surface area contributed by atoms with Crippen LogP contribution in [-0.4, -0.2) is 30.6 Å². The van der Waals surface area contributed by atoms with Gasteiger partial charge in [-0.2, -0.15) is 0 Å². The molecule has 0 heterocycles. The van der Waals surface area contributed by atoms with Gasteiger partial charge in [-0.1, -0.05) is 31.9 Å². The molecule has 1 aliphatic rings. The van der Waals surface area contributed by atoms with Crippen LogP contribution in [0.15, 0.2) is 24.3 Å². The van der Waals surface area contributed by atoms with E-state index in [0.717, 1.165) is 18.3 Å². The number of nitrogens with two attached hydrogens (primary N) is 1. The monoisotopic (exact) mass is 276 g/mol. The molecule has 3 heteroatoms. The lowest BCUT2D eigenvalue weighted by Crippen LogP contribution is -2.45. The van der Waals surface area contributed by atoms with Gasteiger partial charge in [0.25, 0.3) is 0 Å². The fraction of sp³-hybridized carbons (Fsp3) is 0.647. The predicted octanol–water partition coefficient (Wildman–Crippen LogP) is 3.35. The number of methoxy groups -OCH3 is 1. The maximum absolute atomic E-state index is 6.49. The van der Waals surface area contributed by atoms with Crippen LogP contribution in [0.5, 0.6) is 5.75 Å². The first-order chi connectivity index (χ1) is 9.67. The molecule has 1 aromatic carbocycles. The Bertz CT molecular complexity index is 398. The Kier molecular flexibility index (Phi) is 5.44. The molecule has 0 aromatic heterocycles. The smallest absolute Gasteiger partial charge is 0.118 e. The van der Waals surface area contributed by atoms with Gasteiger partial charge >= 0.3 is 0 Å². The van der Waals surface area contributed by atoms with E-state index in [2.05, 4.69) is 30.9 Å². The number of hydrogen-bond acceptors (Lipinski definition) is 3. The molecule has 0 saturated heterocycles. The zero-order valence-electron chi connectivity index (χ0n) is 13.0. The molecule has 1 saturated carbocycles. The van der Waals surface area contributed by atoms with Crippen molar-refractivity contribution in [3.05, 3.63) is 29.8 Å². The van der Waals surface area contributed by atoms with Crippen LogP contribution in [0.4, 0.5) is 0 Å². The number of likely N-dealkylation sites (N-methyl/N-ethyl adjacent to an activating group) is 1. The van der Waals surface area contributed by atoms with Crippen molar-refractivity contribution in [3.63, 3.8) is 0 Å². The van der Waals surface area contributed by atoms with Crippen LogP contribution in [0.3, 0.4) is 0 Å². The lowest BCUT2D eigenvalue weighted by molar-refractivity contribution is 0.134. The second-order valence-corrected chi connectivity index (χ2v) is 5.81. The first-order valence-corrected chi connectivity index (χ1v) is 7.82. The Morgan fingerprint density at radius 1 is 1.25 bits per heavy atom. The van der Waals surface area contributed by atoms with Gasteiger partial charge in [0, 0.05) is 18.1 Å². The fourth-order valence-corrected chi connectivity index (χ4v) is 3.43. The molecule has 0 amide bonds. The molecule has 2 rings (SSSR count). The normalized spacial score (nSPS) is 19.2. The molecule has 20 heavy (non-hydrogen) atoms. The topological polar surface area (TPSA) is 38.5 Å². The molecule has 2 unspecified atom stereocenters. The molecule has 1 aromatic rings. The van der Waals surface area contributed by atoms with Crippen molar-refractivity contribution in [1.29, 1.82) is 0 Å². The van der Waals surface area contributed by atoms with Crippen LogP contribution < -0.4 is 10.5 Å². The minimum atomic E-state index is 0.0569. The van der Waals surface area contributed by atoms with Crippen LogP contribution in [0.1, 0.15) is 51.1 Å². The maximum Gasteiger partial charge on any atom is 0.118 e. The summed E-state index contributed by atoms with van der Waals surface area (Å²) >= 11 is 0. The van der Waals surface area contributed by atoms with E-state index >= 15 is 0 Å². The second-order valence-electron chi connectivity index (χ2n) is 5.81. The second kappa shape index (κ2) is 7.09. The average molecular weight is 276 g/mol. The Morgan fingerprint density at radius 3 is 2.35 bits per heavy atom. The quantitative estimate of drug-likeness (QED) is 0.866. The summed E-state index contributed by atoms with van der Waals surface area (Å²) in [6, 6.07) is 9.31. The summed E-state index contributed by atoms with van der Waals surface area (Å²) in [5, 5.41) is 0. The number of hydrogen-bond donors (Lipinski definition) is 1. The summed E-state index contributed by atoms with van der Waals surface area (Å²) in [6.45, 7) is 5.59. The van der Waals surface area contributed by atoms with Crippen molar-refractivity contribution >= 4 is 0 Å². The highest BCUT2D eigenvalue weighted by atomic mass is 16.5. The number of rotatable bonds is 6. The summed E-state index contributed by atoms with van der Waals surface area (Å²) in [7, 11) is 1.69. The first-order valence-electron chi connectivity index (χ1n) is 7.82. The Balaban J connectivity index is 2.06. The average Bonchev–Trinajstić information content (AvgIpc) is 3.01. The largest absolute Gasteiger partial charge is 0.497 e. The third-order valence-corrected chi connectivity index (χ3v) is 4.70. The first kappa shape index (κ1) is 15.3. The zero-order valence-corrected chi connectivity index (χ0v) is 13.0. The summed E-state index contributed by atoms with van der Waals surface area (Å²) in [5.41, 5.74) is 7.68. The van der Waals surface area contributed by atoms with Gasteiger partial charge in [-0.25, -0.2) is 0 Å². The third-order valence-electron chi connectivity index (χ3n) is 4.70. The highest BCUT2D eigenvalue weighted by Gasteiger charge is 2.28. The number of nitrogens with zero attached hydrogens (tertiary/aromatic N) is 1. The molecule has 0 bridgehead atoms. The van der Waals surface area contributed by atoms with E-state index in [1.54, 1.807) is 7.11 Å². The zero-order chi connectivity index (χ0) is 14.5. The SMILES string of the molecule is CCN(C1CCCC1)C(C)C(N)c1ccc(OC)cc1. The van der Waals surface area contributed by atoms with Crippen molar-refractivity contribution in [2.75, 3.05) is 13.7 Å². The van der Waals surface area contributed by atoms with Gasteiger partial charge in [-0.05, 0) is 44.0 Å². The summed E-state index contributed by atoms with van der Waals surface area (Å²) in [6.07, 6.45) is 5.39. The van der Waals surface area contributed by atoms with Crippen LogP contribution in [0.2, 0.25) is 0 Å². The third kappa shape index (κ3) is 3.33. The highest BCUT2D eigenvalue weighted by molar-refractivity contribution is 5.29. The Morgan fingerprint density at radius 2 is 1.85 bits per heavy atom. The number of benzene rings is 1. The van der Waals surface area contributed by atoms with E-state index in [1.165, 1.54) is 31.2 Å². The van der Waals surface area contributed by atoms with Gasteiger partial charge < -0.3 is 10.5 Å². The molecular formula is C17H28N2O. The van der Waals surface area contributed by atoms with Crippen molar-refractivity contribution in [3.8, 4) is 5.75 Å². The van der Waals surface area contributed by atoms with E-state index in [-0.39, 0.29) is 6.04 Å². The van der Waals surface area contributed by atoms with E-state index < -0.39 is 0 Å². The lowest BCUT2D eigenvalue weighted by Gasteiger charge is -2.37. The molecule has 3 nitrogen and oxygen atoms in total. The lowest BCUT2D eigenvalue weighted by atomic mass is 9.98. The highest BCUT2D eigenvalue weighted by Crippen LogP contribution is 2.29. The fourth-order valence-electron chi connectivity index (χ4n) is 3.43.